The number of halogens is 2. The second kappa shape index (κ2) is 8.78. The molecule has 0 spiro atoms. The monoisotopic (exact) mass is 474 g/mol. The Bertz CT molecular complexity index is 1100. The standard InChI is InChI=1S/C25H28F2N2O3S/c26-22-12-15(13-23(22)27)11-21(17-3-6-19(7-4-17)33(31,32)20-8-9-20)25(30)29-24-10-5-18(14-28-24)16-1-2-16/h3-7,10,14-16,20-23H,1-2,8-9,11-13H2,(H,28,29,30)/t15-,21-,22+,23-/m1/s1. The van der Waals surface area contributed by atoms with Crippen LogP contribution in [-0.2, 0) is 14.6 Å². The molecule has 3 fully saturated rings. The summed E-state index contributed by atoms with van der Waals surface area (Å²) in [7, 11) is -3.33. The van der Waals surface area contributed by atoms with Crippen LogP contribution >= 0.6 is 0 Å². The quantitative estimate of drug-likeness (QED) is 0.578. The van der Waals surface area contributed by atoms with E-state index < -0.39 is 28.1 Å². The maximum Gasteiger partial charge on any atom is 0.233 e. The van der Waals surface area contributed by atoms with Crippen molar-refractivity contribution in [3.05, 3.63) is 53.7 Å². The number of sulfone groups is 1. The van der Waals surface area contributed by atoms with Gasteiger partial charge in [-0.05, 0) is 86.1 Å². The molecule has 8 heteroatoms. The third kappa shape index (κ3) is 4.95. The zero-order valence-electron chi connectivity index (χ0n) is 18.3. The first-order valence-electron chi connectivity index (χ1n) is 11.7. The minimum Gasteiger partial charge on any atom is -0.310 e. The third-order valence-corrected chi connectivity index (χ3v) is 9.33. The molecule has 0 bridgehead atoms. The molecule has 1 aromatic carbocycles. The molecule has 0 radical (unpaired) electrons. The average molecular weight is 475 g/mol. The highest BCUT2D eigenvalue weighted by atomic mass is 32.2. The Morgan fingerprint density at radius 2 is 1.67 bits per heavy atom. The van der Waals surface area contributed by atoms with Crippen LogP contribution in [0.1, 0.15) is 67.9 Å². The zero-order valence-corrected chi connectivity index (χ0v) is 19.1. The molecule has 1 N–H and O–H groups in total. The summed E-state index contributed by atoms with van der Waals surface area (Å²) < 4.78 is 52.6. The van der Waals surface area contributed by atoms with Crippen LogP contribution in [0, 0.1) is 5.92 Å². The lowest BCUT2D eigenvalue weighted by Gasteiger charge is -2.21. The number of pyridine rings is 1. The van der Waals surface area contributed by atoms with E-state index in [2.05, 4.69) is 10.3 Å². The molecule has 33 heavy (non-hydrogen) atoms. The molecular weight excluding hydrogens is 446 g/mol. The van der Waals surface area contributed by atoms with Crippen molar-refractivity contribution < 1.29 is 22.0 Å². The molecule has 1 heterocycles. The molecule has 3 aliphatic rings. The number of aromatic nitrogens is 1. The van der Waals surface area contributed by atoms with Crippen LogP contribution in [0.4, 0.5) is 14.6 Å². The fraction of sp³-hybridized carbons (Fsp3) is 0.520. The maximum atomic E-state index is 13.8. The van der Waals surface area contributed by atoms with Crippen LogP contribution in [0.25, 0.3) is 0 Å². The van der Waals surface area contributed by atoms with E-state index in [1.807, 2.05) is 6.07 Å². The van der Waals surface area contributed by atoms with E-state index in [0.29, 0.717) is 36.6 Å². The van der Waals surface area contributed by atoms with E-state index in [0.717, 1.165) is 18.4 Å². The molecule has 3 saturated carbocycles. The normalized spacial score (nSPS) is 26.2. The van der Waals surface area contributed by atoms with Crippen LogP contribution in [0.15, 0.2) is 47.5 Å². The highest BCUT2D eigenvalue weighted by Crippen LogP contribution is 2.40. The first-order valence-corrected chi connectivity index (χ1v) is 13.2. The number of amides is 1. The molecule has 1 amide bonds. The predicted octanol–water partition coefficient (Wildman–Crippen LogP) is 5.09. The SMILES string of the molecule is O=C(Nc1ccc(C2CC2)cn1)[C@H](C[C@H]1C[C@@H](F)[C@@H](F)C1)c1ccc(S(=O)(=O)C2CC2)cc1. The van der Waals surface area contributed by atoms with Gasteiger partial charge in [0.25, 0.3) is 0 Å². The van der Waals surface area contributed by atoms with E-state index in [1.165, 1.54) is 12.1 Å². The molecule has 4 atom stereocenters. The van der Waals surface area contributed by atoms with Gasteiger partial charge < -0.3 is 5.32 Å². The largest absolute Gasteiger partial charge is 0.310 e. The van der Waals surface area contributed by atoms with Crippen LogP contribution in [0.2, 0.25) is 0 Å². The van der Waals surface area contributed by atoms with Crippen molar-refractivity contribution in [3.63, 3.8) is 0 Å². The Hall–Kier alpha value is -2.35. The number of anilines is 1. The van der Waals surface area contributed by atoms with Crippen molar-refractivity contribution >= 4 is 21.6 Å². The summed E-state index contributed by atoms with van der Waals surface area (Å²) in [5.41, 5.74) is 1.79. The number of nitrogens with zero attached hydrogens (tertiary/aromatic N) is 1. The Labute approximate surface area is 192 Å². The number of carbonyl (C=O) groups excluding carboxylic acids is 1. The lowest BCUT2D eigenvalue weighted by Crippen LogP contribution is -2.24. The van der Waals surface area contributed by atoms with Crippen molar-refractivity contribution in [1.82, 2.24) is 4.98 Å². The number of alkyl halides is 2. The van der Waals surface area contributed by atoms with E-state index in [4.69, 9.17) is 0 Å². The second-order valence-corrected chi connectivity index (χ2v) is 11.9. The van der Waals surface area contributed by atoms with Crippen LogP contribution in [0.3, 0.4) is 0 Å². The first kappa shape index (κ1) is 22.4. The van der Waals surface area contributed by atoms with Crippen molar-refractivity contribution in [2.24, 2.45) is 5.92 Å². The van der Waals surface area contributed by atoms with Crippen molar-refractivity contribution in [1.29, 1.82) is 0 Å². The van der Waals surface area contributed by atoms with E-state index in [9.17, 15) is 22.0 Å². The fourth-order valence-electron chi connectivity index (χ4n) is 4.76. The average Bonchev–Trinajstić information content (AvgIpc) is 3.70. The molecule has 0 saturated heterocycles. The molecule has 1 aromatic heterocycles. The number of hydrogen-bond acceptors (Lipinski definition) is 4. The first-order chi connectivity index (χ1) is 15.8. The smallest absolute Gasteiger partial charge is 0.233 e. The summed E-state index contributed by atoms with van der Waals surface area (Å²) in [5, 5.41) is 2.53. The predicted molar refractivity (Wildman–Crippen MR) is 121 cm³/mol. The number of rotatable bonds is 8. The van der Waals surface area contributed by atoms with Crippen molar-refractivity contribution in [2.45, 2.75) is 79.3 Å². The maximum absolute atomic E-state index is 13.8. The summed E-state index contributed by atoms with van der Waals surface area (Å²) in [6.07, 6.45) is 2.93. The van der Waals surface area contributed by atoms with Crippen LogP contribution in [0.5, 0.6) is 0 Å². The topological polar surface area (TPSA) is 76.1 Å². The fourth-order valence-corrected chi connectivity index (χ4v) is 6.42. The molecular formula is C25H28F2N2O3S. The Kier molecular flexibility index (Phi) is 5.97. The molecule has 2 aromatic rings. The van der Waals surface area contributed by atoms with Gasteiger partial charge in [-0.3, -0.25) is 4.79 Å². The lowest BCUT2D eigenvalue weighted by atomic mass is 9.87. The van der Waals surface area contributed by atoms with Gasteiger partial charge in [-0.1, -0.05) is 18.2 Å². The lowest BCUT2D eigenvalue weighted by molar-refractivity contribution is -0.118. The Balaban J connectivity index is 1.35. The van der Waals surface area contributed by atoms with Gasteiger partial charge in [-0.15, -0.1) is 0 Å². The van der Waals surface area contributed by atoms with E-state index in [-0.39, 0.29) is 34.8 Å². The Morgan fingerprint density at radius 3 is 2.21 bits per heavy atom. The Morgan fingerprint density at radius 1 is 1.00 bits per heavy atom. The van der Waals surface area contributed by atoms with Gasteiger partial charge in [0.05, 0.1) is 16.1 Å². The van der Waals surface area contributed by atoms with Gasteiger partial charge in [-0.25, -0.2) is 22.2 Å². The number of benzene rings is 1. The highest BCUT2D eigenvalue weighted by molar-refractivity contribution is 7.92. The molecule has 3 aliphatic carbocycles. The molecule has 5 nitrogen and oxygen atoms in total. The second-order valence-electron chi connectivity index (χ2n) is 9.71. The number of carbonyl (C=O) groups is 1. The number of hydrogen-bond donors (Lipinski definition) is 1. The van der Waals surface area contributed by atoms with E-state index in [1.54, 1.807) is 24.4 Å². The molecule has 5 rings (SSSR count). The minimum atomic E-state index is -3.33. The molecule has 176 valence electrons. The highest BCUT2D eigenvalue weighted by Gasteiger charge is 2.38. The van der Waals surface area contributed by atoms with Gasteiger partial charge in [0.1, 0.15) is 18.2 Å². The third-order valence-electron chi connectivity index (χ3n) is 7.06. The summed E-state index contributed by atoms with van der Waals surface area (Å²) in [5.74, 6) is -0.233. The van der Waals surface area contributed by atoms with Gasteiger partial charge in [0.2, 0.25) is 5.91 Å². The summed E-state index contributed by atoms with van der Waals surface area (Å²) in [4.78, 5) is 17.8. The number of nitrogens with one attached hydrogen (secondary N) is 1. The van der Waals surface area contributed by atoms with E-state index >= 15 is 0 Å². The minimum absolute atomic E-state index is 0.0907. The van der Waals surface area contributed by atoms with Gasteiger partial charge in [-0.2, -0.15) is 0 Å². The summed E-state index contributed by atoms with van der Waals surface area (Å²) in [6.45, 7) is 0. The van der Waals surface area contributed by atoms with Gasteiger partial charge in [0, 0.05) is 6.20 Å². The van der Waals surface area contributed by atoms with Crippen molar-refractivity contribution in [3.8, 4) is 0 Å². The summed E-state index contributed by atoms with van der Waals surface area (Å²) in [6, 6.07) is 10.1. The van der Waals surface area contributed by atoms with Crippen LogP contribution in [-0.4, -0.2) is 36.9 Å². The van der Waals surface area contributed by atoms with Gasteiger partial charge >= 0.3 is 0 Å². The summed E-state index contributed by atoms with van der Waals surface area (Å²) >= 11 is 0. The molecule has 0 aliphatic heterocycles. The molecule has 0 unspecified atom stereocenters. The van der Waals surface area contributed by atoms with Crippen molar-refractivity contribution in [2.75, 3.05) is 5.32 Å². The van der Waals surface area contributed by atoms with Crippen LogP contribution < -0.4 is 5.32 Å². The zero-order chi connectivity index (χ0) is 23.2. The van der Waals surface area contributed by atoms with Gasteiger partial charge in [0.15, 0.2) is 9.84 Å².